The third kappa shape index (κ3) is 6.59. The van der Waals surface area contributed by atoms with Gasteiger partial charge in [-0.05, 0) is 43.7 Å². The summed E-state index contributed by atoms with van der Waals surface area (Å²) in [5.41, 5.74) is 0.146. The van der Waals surface area contributed by atoms with Gasteiger partial charge in [-0.25, -0.2) is 4.79 Å². The zero-order chi connectivity index (χ0) is 32.5. The van der Waals surface area contributed by atoms with E-state index in [1.54, 1.807) is 13.8 Å². The Morgan fingerprint density at radius 3 is 2.14 bits per heavy atom. The van der Waals surface area contributed by atoms with Gasteiger partial charge >= 0.3 is 29.7 Å². The molecule has 0 radical (unpaired) electrons. The average Bonchev–Trinajstić information content (AvgIpc) is 3.19. The molecule has 15 nitrogen and oxygen atoms in total. The van der Waals surface area contributed by atoms with Gasteiger partial charge < -0.3 is 40.5 Å². The van der Waals surface area contributed by atoms with Gasteiger partial charge in [-0.15, -0.1) is 11.8 Å². The largest absolute Gasteiger partial charge is 0.508 e. The standard InChI is InChI=1S/C28H28N4O11S/c1-12(33)42-17-10-7-15(11-18(17)43-13(2)34)29-23(37)24(38)30-19(14-5-8-16(35)9-6-14)22(36)31-20-25(39)32-21(27(40)41)28(3,4)44-26(20)32/h5-11,19-21,26,35H,1-4H3,(H,29,37)(H,30,38)(H,31,36)(H,40,41)/t19?,20-,21+,26-/m1/s1. The molecule has 2 aromatic rings. The highest BCUT2D eigenvalue weighted by Gasteiger charge is 2.64. The minimum Gasteiger partial charge on any atom is -0.508 e. The van der Waals surface area contributed by atoms with Crippen molar-refractivity contribution in [3.05, 3.63) is 48.0 Å². The molecule has 16 heteroatoms. The summed E-state index contributed by atoms with van der Waals surface area (Å²) in [5.74, 6) is -7.02. The van der Waals surface area contributed by atoms with Crippen LogP contribution in [0.4, 0.5) is 5.69 Å². The van der Waals surface area contributed by atoms with Crippen molar-refractivity contribution in [2.45, 2.75) is 55.9 Å². The van der Waals surface area contributed by atoms with Crippen molar-refractivity contribution in [1.82, 2.24) is 15.5 Å². The third-order valence-corrected chi connectivity index (χ3v) is 8.22. The van der Waals surface area contributed by atoms with Gasteiger partial charge in [0.25, 0.3) is 0 Å². The van der Waals surface area contributed by atoms with E-state index >= 15 is 0 Å². The number of nitrogens with zero attached hydrogens (tertiary/aromatic N) is 1. The number of thioether (sulfide) groups is 1. The van der Waals surface area contributed by atoms with E-state index in [1.165, 1.54) is 53.1 Å². The summed E-state index contributed by atoms with van der Waals surface area (Å²) in [7, 11) is 0. The molecule has 0 aliphatic carbocycles. The Morgan fingerprint density at radius 1 is 0.932 bits per heavy atom. The van der Waals surface area contributed by atoms with E-state index in [-0.39, 0.29) is 28.5 Å². The molecule has 4 amide bonds. The Balaban J connectivity index is 1.51. The zero-order valence-corrected chi connectivity index (χ0v) is 24.6. The van der Waals surface area contributed by atoms with E-state index in [0.29, 0.717) is 0 Å². The fourth-order valence-electron chi connectivity index (χ4n) is 4.79. The first-order valence-electron chi connectivity index (χ1n) is 13.0. The number of ether oxygens (including phenoxy) is 2. The fraction of sp³-hybridized carbons (Fsp3) is 0.321. The number of carboxylic acid groups (broad SMARTS) is 1. The molecule has 2 aliphatic heterocycles. The number of amides is 4. The second-order valence-electron chi connectivity index (χ2n) is 10.4. The zero-order valence-electron chi connectivity index (χ0n) is 23.8. The van der Waals surface area contributed by atoms with Gasteiger partial charge in [-0.2, -0.15) is 0 Å². The van der Waals surface area contributed by atoms with Crippen LogP contribution in [0.2, 0.25) is 0 Å². The monoisotopic (exact) mass is 628 g/mol. The van der Waals surface area contributed by atoms with E-state index in [2.05, 4.69) is 16.0 Å². The van der Waals surface area contributed by atoms with Crippen molar-refractivity contribution in [2.24, 2.45) is 0 Å². The summed E-state index contributed by atoms with van der Waals surface area (Å²) in [6, 6.07) is 5.14. The van der Waals surface area contributed by atoms with Crippen LogP contribution in [0.3, 0.4) is 0 Å². The summed E-state index contributed by atoms with van der Waals surface area (Å²) in [5, 5.41) is 25.8. The highest BCUT2D eigenvalue weighted by atomic mass is 32.2. The highest BCUT2D eigenvalue weighted by molar-refractivity contribution is 8.01. The van der Waals surface area contributed by atoms with Gasteiger partial charge in [-0.1, -0.05) is 12.1 Å². The van der Waals surface area contributed by atoms with Gasteiger partial charge in [0.1, 0.15) is 29.2 Å². The quantitative estimate of drug-likeness (QED) is 0.118. The molecule has 1 unspecified atom stereocenters. The van der Waals surface area contributed by atoms with Gasteiger partial charge in [0.2, 0.25) is 11.8 Å². The number of fused-ring (bicyclic) bond motifs is 1. The second kappa shape index (κ2) is 12.2. The second-order valence-corrected chi connectivity index (χ2v) is 12.2. The number of β-lactam (4-membered cyclic amide) rings is 1. The number of esters is 2. The van der Waals surface area contributed by atoms with Crippen molar-refractivity contribution >= 4 is 59.0 Å². The van der Waals surface area contributed by atoms with Crippen LogP contribution in [0.1, 0.15) is 39.3 Å². The lowest BCUT2D eigenvalue weighted by molar-refractivity contribution is -0.161. The lowest BCUT2D eigenvalue weighted by Crippen LogP contribution is -2.71. The number of nitrogens with one attached hydrogen (secondary N) is 3. The predicted molar refractivity (Wildman–Crippen MR) is 152 cm³/mol. The summed E-state index contributed by atoms with van der Waals surface area (Å²) in [6.07, 6.45) is 0. The molecular weight excluding hydrogens is 600 g/mol. The van der Waals surface area contributed by atoms with E-state index in [4.69, 9.17) is 9.47 Å². The first-order chi connectivity index (χ1) is 20.6. The number of rotatable bonds is 8. The Hall–Kier alpha value is -5.12. The van der Waals surface area contributed by atoms with Crippen LogP contribution < -0.4 is 25.4 Å². The van der Waals surface area contributed by atoms with Crippen molar-refractivity contribution in [2.75, 3.05) is 5.32 Å². The molecule has 2 aromatic carbocycles. The van der Waals surface area contributed by atoms with E-state index < -0.39 is 69.8 Å². The van der Waals surface area contributed by atoms with Crippen LogP contribution in [0.25, 0.3) is 0 Å². The lowest BCUT2D eigenvalue weighted by atomic mass is 9.95. The number of aromatic hydroxyl groups is 1. The molecule has 0 spiro atoms. The summed E-state index contributed by atoms with van der Waals surface area (Å²) in [6.45, 7) is 5.60. The Bertz CT molecular complexity index is 1560. The molecule has 2 aliphatic rings. The maximum atomic E-state index is 13.4. The SMILES string of the molecule is CC(=O)Oc1ccc(NC(=O)C(=O)NC(C(=O)N[C@@H]2C(=O)N3[C@@H]2SC(C)(C)[C@@H]3C(=O)O)c2ccc(O)cc2)cc1OC(C)=O. The molecule has 4 atom stereocenters. The van der Waals surface area contributed by atoms with Gasteiger partial charge in [0, 0.05) is 30.3 Å². The summed E-state index contributed by atoms with van der Waals surface area (Å²) < 4.78 is 9.15. The number of anilines is 1. The third-order valence-electron chi connectivity index (χ3n) is 6.65. The lowest BCUT2D eigenvalue weighted by Gasteiger charge is -2.44. The fourth-order valence-corrected chi connectivity index (χ4v) is 6.42. The molecule has 0 aromatic heterocycles. The Kier molecular flexibility index (Phi) is 8.85. The van der Waals surface area contributed by atoms with Gasteiger partial charge in [-0.3, -0.25) is 28.8 Å². The van der Waals surface area contributed by atoms with Gasteiger partial charge in [0.15, 0.2) is 11.5 Å². The summed E-state index contributed by atoms with van der Waals surface area (Å²) in [4.78, 5) is 87.9. The predicted octanol–water partition coefficient (Wildman–Crippen LogP) is 0.671. The molecular formula is C28H28N4O11S. The number of aliphatic carboxylic acids is 1. The first kappa shape index (κ1) is 31.8. The number of phenolic OH excluding ortho intramolecular Hbond substituents is 1. The van der Waals surface area contributed by atoms with Crippen molar-refractivity contribution in [3.8, 4) is 17.2 Å². The number of phenols is 1. The summed E-state index contributed by atoms with van der Waals surface area (Å²) >= 11 is 1.21. The van der Waals surface area contributed by atoms with Crippen LogP contribution in [-0.4, -0.2) is 78.9 Å². The number of carbonyl (C=O) groups is 7. The Labute approximate surface area is 254 Å². The first-order valence-corrected chi connectivity index (χ1v) is 13.9. The highest BCUT2D eigenvalue weighted by Crippen LogP contribution is 2.50. The Morgan fingerprint density at radius 2 is 1.55 bits per heavy atom. The minimum atomic E-state index is -1.51. The molecule has 2 saturated heterocycles. The molecule has 0 saturated carbocycles. The van der Waals surface area contributed by atoms with E-state index in [1.807, 2.05) is 0 Å². The van der Waals surface area contributed by atoms with Crippen molar-refractivity contribution < 1.29 is 53.2 Å². The normalized spacial score (nSPS) is 20.3. The molecule has 0 bridgehead atoms. The van der Waals surface area contributed by atoms with Crippen LogP contribution >= 0.6 is 11.8 Å². The molecule has 232 valence electrons. The molecule has 2 heterocycles. The van der Waals surface area contributed by atoms with E-state index in [0.717, 1.165) is 19.9 Å². The average molecular weight is 629 g/mol. The topological polar surface area (TPSA) is 218 Å². The maximum absolute atomic E-state index is 13.4. The minimum absolute atomic E-state index is 0.0167. The van der Waals surface area contributed by atoms with Crippen LogP contribution in [0, 0.1) is 0 Å². The van der Waals surface area contributed by atoms with Gasteiger partial charge in [0.05, 0.1) is 0 Å². The van der Waals surface area contributed by atoms with Crippen LogP contribution in [-0.2, 0) is 33.6 Å². The van der Waals surface area contributed by atoms with Crippen LogP contribution in [0.5, 0.6) is 17.2 Å². The number of hydrogen-bond acceptors (Lipinski definition) is 11. The molecule has 4 rings (SSSR count). The number of carbonyl (C=O) groups excluding carboxylic acids is 6. The molecule has 44 heavy (non-hydrogen) atoms. The molecule has 2 fully saturated rings. The van der Waals surface area contributed by atoms with Crippen molar-refractivity contribution in [3.63, 3.8) is 0 Å². The van der Waals surface area contributed by atoms with E-state index in [9.17, 15) is 43.8 Å². The number of carboxylic acids is 1. The number of hydrogen-bond donors (Lipinski definition) is 5. The smallest absolute Gasteiger partial charge is 0.327 e. The van der Waals surface area contributed by atoms with Crippen LogP contribution in [0.15, 0.2) is 42.5 Å². The number of benzene rings is 2. The maximum Gasteiger partial charge on any atom is 0.327 e. The van der Waals surface area contributed by atoms with Crippen molar-refractivity contribution in [1.29, 1.82) is 0 Å². The molecule has 5 N–H and O–H groups in total.